The van der Waals surface area contributed by atoms with Crippen molar-refractivity contribution in [2.75, 3.05) is 0 Å². The van der Waals surface area contributed by atoms with Crippen LogP contribution in [0.2, 0.25) is 0 Å². The van der Waals surface area contributed by atoms with Crippen LogP contribution in [0.3, 0.4) is 0 Å². The number of hydrogen-bond donors (Lipinski definition) is 0. The van der Waals surface area contributed by atoms with E-state index in [1.54, 1.807) is 13.0 Å². The quantitative estimate of drug-likeness (QED) is 0.323. The zero-order valence-electron chi connectivity index (χ0n) is 12.5. The summed E-state index contributed by atoms with van der Waals surface area (Å²) in [6.45, 7) is 1.56. The first-order valence-electron chi connectivity index (χ1n) is 7.39. The molecular formula is C20H14FOS+. The average molecular weight is 321 g/mol. The molecule has 4 rings (SSSR count). The molecule has 0 bridgehead atoms. The molecule has 1 unspecified atom stereocenters. The Kier molecular flexibility index (Phi) is 3.24. The fourth-order valence-electron chi connectivity index (χ4n) is 2.96. The van der Waals surface area contributed by atoms with Gasteiger partial charge in [0.2, 0.25) is 0 Å². The van der Waals surface area contributed by atoms with Crippen molar-refractivity contribution in [1.82, 2.24) is 0 Å². The van der Waals surface area contributed by atoms with E-state index in [1.165, 1.54) is 11.0 Å². The van der Waals surface area contributed by atoms with Gasteiger partial charge in [0.15, 0.2) is 20.1 Å². The Morgan fingerprint density at radius 3 is 2.22 bits per heavy atom. The third kappa shape index (κ3) is 2.25. The molecule has 3 heteroatoms. The number of Topliss-reactive ketones (excluding diaryl/α,β-unsaturated/α-hetero) is 1. The molecule has 0 amide bonds. The summed E-state index contributed by atoms with van der Waals surface area (Å²) in [5.41, 5.74) is 0.664. The van der Waals surface area contributed by atoms with E-state index >= 15 is 0 Å². The molecule has 0 fully saturated rings. The fourth-order valence-corrected chi connectivity index (χ4v) is 5.32. The number of carbonyl (C=O) groups is 1. The summed E-state index contributed by atoms with van der Waals surface area (Å²) in [7, 11) is -0.248. The van der Waals surface area contributed by atoms with Crippen molar-refractivity contribution >= 4 is 36.4 Å². The summed E-state index contributed by atoms with van der Waals surface area (Å²) in [6.07, 6.45) is 0. The Labute approximate surface area is 136 Å². The molecule has 1 heterocycles. The van der Waals surface area contributed by atoms with Gasteiger partial charge in [-0.2, -0.15) is 0 Å². The molecule has 3 aromatic carbocycles. The summed E-state index contributed by atoms with van der Waals surface area (Å²) >= 11 is 0. The maximum atomic E-state index is 13.8. The Morgan fingerprint density at radius 1 is 0.870 bits per heavy atom. The molecular weight excluding hydrogens is 307 g/mol. The van der Waals surface area contributed by atoms with E-state index in [-0.39, 0.29) is 22.1 Å². The van der Waals surface area contributed by atoms with Gasteiger partial charge in [-0.1, -0.05) is 18.2 Å². The number of fused-ring (bicyclic) bond motifs is 3. The Bertz CT molecular complexity index is 1050. The van der Waals surface area contributed by atoms with Gasteiger partial charge < -0.3 is 0 Å². The van der Waals surface area contributed by atoms with Crippen LogP contribution in [0.25, 0.3) is 25.1 Å². The molecule has 112 valence electrons. The van der Waals surface area contributed by atoms with Gasteiger partial charge >= 0.3 is 0 Å². The number of hydrogen-bond acceptors (Lipinski definition) is 1. The first-order chi connectivity index (χ1) is 11.1. The van der Waals surface area contributed by atoms with Gasteiger partial charge in [0.05, 0.1) is 5.39 Å². The van der Waals surface area contributed by atoms with E-state index in [4.69, 9.17) is 0 Å². The van der Waals surface area contributed by atoms with Crippen LogP contribution in [0, 0.1) is 5.82 Å². The normalized spacial score (nSPS) is 12.0. The van der Waals surface area contributed by atoms with Crippen molar-refractivity contribution in [3.8, 4) is 4.90 Å². The molecule has 0 N–H and O–H groups in total. The van der Waals surface area contributed by atoms with Gasteiger partial charge in [-0.05, 0) is 49.4 Å². The van der Waals surface area contributed by atoms with Crippen molar-refractivity contribution in [3.63, 3.8) is 0 Å². The van der Waals surface area contributed by atoms with E-state index in [0.29, 0.717) is 5.56 Å². The maximum Gasteiger partial charge on any atom is 0.187 e. The first kappa shape index (κ1) is 14.1. The van der Waals surface area contributed by atoms with E-state index in [2.05, 4.69) is 12.1 Å². The predicted octanol–water partition coefficient (Wildman–Crippen LogP) is 6.07. The van der Waals surface area contributed by atoms with E-state index in [9.17, 15) is 9.18 Å². The fraction of sp³-hybridized carbons (Fsp3) is 0.0500. The van der Waals surface area contributed by atoms with Crippen molar-refractivity contribution in [2.45, 2.75) is 6.92 Å². The summed E-state index contributed by atoms with van der Waals surface area (Å²) in [5, 5.41) is 1.87. The lowest BCUT2D eigenvalue weighted by atomic mass is 10.1. The van der Waals surface area contributed by atoms with Gasteiger partial charge in [0.25, 0.3) is 0 Å². The van der Waals surface area contributed by atoms with Crippen molar-refractivity contribution in [1.29, 1.82) is 0 Å². The molecule has 0 saturated carbocycles. The second-order valence-corrected chi connectivity index (χ2v) is 7.49. The summed E-state index contributed by atoms with van der Waals surface area (Å²) in [6, 6.07) is 21.0. The Hall–Kier alpha value is -2.52. The summed E-state index contributed by atoms with van der Waals surface area (Å²) in [4.78, 5) is 12.9. The SMILES string of the molecule is CC(=O)c1ccc2c(c1)c1cc(F)ccc1[s+]2-c1ccccc1. The molecule has 4 aromatic rings. The highest BCUT2D eigenvalue weighted by molar-refractivity contribution is 7.50. The molecule has 23 heavy (non-hydrogen) atoms. The summed E-state index contributed by atoms with van der Waals surface area (Å²) < 4.78 is 16.1. The minimum Gasteiger partial charge on any atom is -0.295 e. The first-order valence-corrected chi connectivity index (χ1v) is 8.62. The van der Waals surface area contributed by atoms with Crippen LogP contribution in [0.4, 0.5) is 4.39 Å². The van der Waals surface area contributed by atoms with Crippen molar-refractivity contribution in [3.05, 3.63) is 78.1 Å². The third-order valence-corrected chi connectivity index (χ3v) is 6.37. The van der Waals surface area contributed by atoms with Crippen LogP contribution in [0.1, 0.15) is 17.3 Å². The van der Waals surface area contributed by atoms with Gasteiger partial charge in [-0.3, -0.25) is 4.79 Å². The van der Waals surface area contributed by atoms with Crippen LogP contribution in [0.15, 0.2) is 66.7 Å². The number of thiophene rings is 1. The smallest absolute Gasteiger partial charge is 0.187 e. The Balaban J connectivity index is 2.18. The summed E-state index contributed by atoms with van der Waals surface area (Å²) in [5.74, 6) is -0.223. The average Bonchev–Trinajstić information content (AvgIpc) is 2.88. The predicted molar refractivity (Wildman–Crippen MR) is 95.2 cm³/mol. The van der Waals surface area contributed by atoms with Gasteiger partial charge in [-0.15, -0.1) is 0 Å². The second kappa shape index (κ2) is 5.28. The van der Waals surface area contributed by atoms with E-state index in [0.717, 1.165) is 20.2 Å². The molecule has 0 radical (unpaired) electrons. The zero-order chi connectivity index (χ0) is 16.0. The number of carbonyl (C=O) groups excluding carboxylic acids is 1. The van der Waals surface area contributed by atoms with Gasteiger partial charge in [0.1, 0.15) is 5.82 Å². The van der Waals surface area contributed by atoms with Gasteiger partial charge in [-0.25, -0.2) is 4.39 Å². The highest BCUT2D eigenvalue weighted by Crippen LogP contribution is 2.48. The van der Waals surface area contributed by atoms with Crippen LogP contribution in [-0.4, -0.2) is 5.78 Å². The molecule has 0 saturated heterocycles. The van der Waals surface area contributed by atoms with Gasteiger partial charge in [0, 0.05) is 27.5 Å². The number of halogens is 1. The van der Waals surface area contributed by atoms with E-state index < -0.39 is 0 Å². The highest BCUT2D eigenvalue weighted by atomic mass is 32.2. The lowest BCUT2D eigenvalue weighted by Crippen LogP contribution is -1.90. The third-order valence-electron chi connectivity index (χ3n) is 4.04. The topological polar surface area (TPSA) is 17.1 Å². The molecule has 0 spiro atoms. The lowest BCUT2D eigenvalue weighted by molar-refractivity contribution is 0.101. The number of benzene rings is 3. The molecule has 1 atom stereocenters. The molecule has 0 aliphatic rings. The second-order valence-electron chi connectivity index (χ2n) is 5.53. The number of ketones is 1. The lowest BCUT2D eigenvalue weighted by Gasteiger charge is -1.95. The Morgan fingerprint density at radius 2 is 1.52 bits per heavy atom. The van der Waals surface area contributed by atoms with Crippen LogP contribution in [-0.2, 0) is 0 Å². The van der Waals surface area contributed by atoms with Crippen molar-refractivity contribution in [2.24, 2.45) is 0 Å². The van der Waals surface area contributed by atoms with Crippen LogP contribution < -0.4 is 0 Å². The molecule has 1 aromatic heterocycles. The minimum absolute atomic E-state index is 0.0252. The highest BCUT2D eigenvalue weighted by Gasteiger charge is 2.24. The molecule has 0 aliphatic heterocycles. The standard InChI is InChI=1S/C20H14FOS/c1-13(22)14-7-9-19-17(11-14)18-12-15(21)8-10-20(18)23(19)16-5-3-2-4-6-16/h2-12H,1H3/q+1. The monoisotopic (exact) mass is 321 g/mol. The van der Waals surface area contributed by atoms with Crippen LogP contribution >= 0.6 is 10.5 Å². The zero-order valence-corrected chi connectivity index (χ0v) is 13.4. The van der Waals surface area contributed by atoms with E-state index in [1.807, 2.05) is 42.5 Å². The number of rotatable bonds is 2. The minimum atomic E-state index is -0.249. The molecule has 0 aliphatic carbocycles. The van der Waals surface area contributed by atoms with Crippen LogP contribution in [0.5, 0.6) is 0 Å². The van der Waals surface area contributed by atoms with Crippen molar-refractivity contribution < 1.29 is 9.18 Å². The molecule has 1 nitrogen and oxygen atoms in total. The maximum absolute atomic E-state index is 13.8. The largest absolute Gasteiger partial charge is 0.295 e.